The van der Waals surface area contributed by atoms with Crippen molar-refractivity contribution < 1.29 is 35.9 Å². The molecule has 2 amide bonds. The van der Waals surface area contributed by atoms with E-state index < -0.39 is 24.2 Å². The van der Waals surface area contributed by atoms with E-state index in [0.29, 0.717) is 0 Å². The van der Waals surface area contributed by atoms with E-state index in [4.69, 9.17) is 0 Å². The van der Waals surface area contributed by atoms with Gasteiger partial charge in [-0.15, -0.1) is 0 Å². The second-order valence-corrected chi connectivity index (χ2v) is 4.99. The van der Waals surface area contributed by atoms with Crippen LogP contribution in [-0.4, -0.2) is 24.2 Å². The van der Waals surface area contributed by atoms with Crippen LogP contribution in [0.5, 0.6) is 0 Å². The first-order chi connectivity index (χ1) is 12.0. The van der Waals surface area contributed by atoms with Gasteiger partial charge in [-0.2, -0.15) is 26.3 Å². The van der Waals surface area contributed by atoms with Gasteiger partial charge in [0.1, 0.15) is 0 Å². The van der Waals surface area contributed by atoms with Crippen molar-refractivity contribution in [3.05, 3.63) is 48.5 Å². The predicted molar refractivity (Wildman–Crippen MR) is 81.2 cm³/mol. The van der Waals surface area contributed by atoms with Crippen molar-refractivity contribution in [1.29, 1.82) is 0 Å². The summed E-state index contributed by atoms with van der Waals surface area (Å²) in [4.78, 5) is 22.3. The number of nitrogens with one attached hydrogen (secondary N) is 2. The first-order valence-corrected chi connectivity index (χ1v) is 6.95. The van der Waals surface area contributed by atoms with Gasteiger partial charge >= 0.3 is 24.2 Å². The first-order valence-electron chi connectivity index (χ1n) is 6.95. The van der Waals surface area contributed by atoms with Gasteiger partial charge in [0.15, 0.2) is 0 Å². The molecule has 0 fully saturated rings. The molecule has 2 aromatic rings. The molecule has 10 heteroatoms. The summed E-state index contributed by atoms with van der Waals surface area (Å²) in [5, 5.41) is 3.32. The van der Waals surface area contributed by atoms with E-state index in [1.54, 1.807) is 10.6 Å². The molecular weight excluding hydrogens is 366 g/mol. The van der Waals surface area contributed by atoms with E-state index >= 15 is 0 Å². The molecule has 0 saturated carbocycles. The Morgan fingerprint density at radius 1 is 0.615 bits per heavy atom. The molecule has 0 saturated heterocycles. The zero-order valence-corrected chi connectivity index (χ0v) is 12.7. The second kappa shape index (κ2) is 7.06. The van der Waals surface area contributed by atoms with Crippen molar-refractivity contribution >= 4 is 23.2 Å². The number of halogens is 6. The highest BCUT2D eigenvalue weighted by Crippen LogP contribution is 2.35. The third kappa shape index (κ3) is 4.52. The Bertz CT molecular complexity index is 760. The average molecular weight is 376 g/mol. The first kappa shape index (κ1) is 19.3. The van der Waals surface area contributed by atoms with Gasteiger partial charge in [0.05, 0.1) is 0 Å². The third-order valence-electron chi connectivity index (χ3n) is 3.16. The largest absolute Gasteiger partial charge is 0.471 e. The lowest BCUT2D eigenvalue weighted by Gasteiger charge is -2.16. The van der Waals surface area contributed by atoms with Crippen molar-refractivity contribution in [2.75, 3.05) is 10.6 Å². The summed E-state index contributed by atoms with van der Waals surface area (Å²) in [6.45, 7) is 0. The van der Waals surface area contributed by atoms with Crippen molar-refractivity contribution in [3.63, 3.8) is 0 Å². The van der Waals surface area contributed by atoms with Gasteiger partial charge in [-0.3, -0.25) is 9.59 Å². The number of anilines is 2. The number of rotatable bonds is 3. The molecule has 0 aliphatic heterocycles. The van der Waals surface area contributed by atoms with Crippen LogP contribution in [0.1, 0.15) is 0 Å². The molecule has 0 spiro atoms. The van der Waals surface area contributed by atoms with Crippen LogP contribution in [-0.2, 0) is 9.59 Å². The second-order valence-electron chi connectivity index (χ2n) is 4.99. The van der Waals surface area contributed by atoms with Crippen molar-refractivity contribution in [3.8, 4) is 11.1 Å². The van der Waals surface area contributed by atoms with Crippen LogP contribution in [0.3, 0.4) is 0 Å². The number of carbonyl (C=O) groups excluding carboxylic acids is 2. The molecule has 2 aromatic carbocycles. The van der Waals surface area contributed by atoms with Crippen molar-refractivity contribution in [1.82, 2.24) is 0 Å². The fourth-order valence-corrected chi connectivity index (χ4v) is 2.04. The van der Waals surface area contributed by atoms with E-state index in [2.05, 4.69) is 0 Å². The third-order valence-corrected chi connectivity index (χ3v) is 3.16. The number of amides is 2. The summed E-state index contributed by atoms with van der Waals surface area (Å²) in [5.41, 5.74) is -0.543. The lowest BCUT2D eigenvalue weighted by molar-refractivity contribution is -0.167. The van der Waals surface area contributed by atoms with Crippen LogP contribution in [0.25, 0.3) is 11.1 Å². The van der Waals surface area contributed by atoms with Gasteiger partial charge in [-0.05, 0) is 12.1 Å². The molecular formula is C16H10F6N2O2. The van der Waals surface area contributed by atoms with E-state index in [1.807, 2.05) is 0 Å². The Kier molecular flexibility index (Phi) is 5.24. The molecule has 0 aliphatic carbocycles. The fourth-order valence-electron chi connectivity index (χ4n) is 2.04. The van der Waals surface area contributed by atoms with Crippen LogP contribution in [0.2, 0.25) is 0 Å². The minimum absolute atomic E-state index is 0.00294. The molecule has 138 valence electrons. The normalized spacial score (nSPS) is 11.8. The summed E-state index contributed by atoms with van der Waals surface area (Å²) in [7, 11) is 0. The summed E-state index contributed by atoms with van der Waals surface area (Å²) < 4.78 is 74.7. The molecule has 0 heterocycles. The smallest absolute Gasteiger partial charge is 0.318 e. The molecule has 0 aromatic heterocycles. The monoisotopic (exact) mass is 376 g/mol. The zero-order valence-electron chi connectivity index (χ0n) is 12.7. The number of carbonyl (C=O) groups is 2. The maximum Gasteiger partial charge on any atom is 0.471 e. The van der Waals surface area contributed by atoms with E-state index in [-0.39, 0.29) is 22.5 Å². The maximum absolute atomic E-state index is 12.5. The van der Waals surface area contributed by atoms with E-state index in [0.717, 1.165) is 12.1 Å². The van der Waals surface area contributed by atoms with Gasteiger partial charge < -0.3 is 10.6 Å². The number of benzene rings is 2. The molecule has 0 radical (unpaired) electrons. The Hall–Kier alpha value is -3.04. The maximum atomic E-state index is 12.5. The topological polar surface area (TPSA) is 58.2 Å². The lowest BCUT2D eigenvalue weighted by Crippen LogP contribution is -2.30. The quantitative estimate of drug-likeness (QED) is 0.783. The average Bonchev–Trinajstić information content (AvgIpc) is 2.54. The molecule has 4 nitrogen and oxygen atoms in total. The highest BCUT2D eigenvalue weighted by atomic mass is 19.4. The fraction of sp³-hybridized carbons (Fsp3) is 0.125. The van der Waals surface area contributed by atoms with Crippen LogP contribution in [0, 0.1) is 0 Å². The van der Waals surface area contributed by atoms with Crippen LogP contribution in [0.4, 0.5) is 37.7 Å². The minimum Gasteiger partial charge on any atom is -0.318 e. The lowest BCUT2D eigenvalue weighted by atomic mass is 10.0. The molecule has 2 N–H and O–H groups in total. The highest BCUT2D eigenvalue weighted by molar-refractivity contribution is 6.02. The van der Waals surface area contributed by atoms with Crippen LogP contribution >= 0.6 is 0 Å². The zero-order chi connectivity index (χ0) is 19.5. The molecule has 0 atom stereocenters. The van der Waals surface area contributed by atoms with Crippen molar-refractivity contribution in [2.24, 2.45) is 0 Å². The van der Waals surface area contributed by atoms with Crippen LogP contribution in [0.15, 0.2) is 48.5 Å². The Labute approximate surface area is 142 Å². The van der Waals surface area contributed by atoms with Crippen molar-refractivity contribution in [2.45, 2.75) is 12.4 Å². The number of hydrogen-bond acceptors (Lipinski definition) is 2. The predicted octanol–water partition coefficient (Wildman–Crippen LogP) is 4.36. The van der Waals surface area contributed by atoms with Gasteiger partial charge in [-0.1, -0.05) is 36.4 Å². The Morgan fingerprint density at radius 2 is 0.923 bits per heavy atom. The van der Waals surface area contributed by atoms with E-state index in [1.165, 1.54) is 36.4 Å². The number of alkyl halides is 6. The molecule has 0 unspecified atom stereocenters. The minimum atomic E-state index is -5.14. The summed E-state index contributed by atoms with van der Waals surface area (Å²) in [5.74, 6) is -4.47. The highest BCUT2D eigenvalue weighted by Gasteiger charge is 2.40. The summed E-state index contributed by atoms with van der Waals surface area (Å²) >= 11 is 0. The van der Waals surface area contributed by atoms with Gasteiger partial charge in [-0.25, -0.2) is 0 Å². The van der Waals surface area contributed by atoms with Gasteiger partial charge in [0.25, 0.3) is 0 Å². The van der Waals surface area contributed by atoms with Gasteiger partial charge in [0, 0.05) is 22.5 Å². The molecule has 2 rings (SSSR count). The molecule has 0 aliphatic rings. The number of para-hydroxylation sites is 2. The molecule has 0 bridgehead atoms. The number of hydrogen-bond donors (Lipinski definition) is 2. The van der Waals surface area contributed by atoms with E-state index in [9.17, 15) is 35.9 Å². The standard InChI is InChI=1S/C16H10F6N2O2/c17-15(18,19)13(25)23-11-7-3-1-5-9(11)10-6-2-4-8-12(10)24-14(26)16(20,21)22/h1-8H,(H,23,25)(H,24,26). The summed E-state index contributed by atoms with van der Waals surface area (Å²) in [6, 6.07) is 10.4. The summed E-state index contributed by atoms with van der Waals surface area (Å²) in [6.07, 6.45) is -10.3. The van der Waals surface area contributed by atoms with Gasteiger partial charge in [0.2, 0.25) is 0 Å². The Morgan fingerprint density at radius 3 is 1.23 bits per heavy atom. The Balaban J connectivity index is 2.44. The van der Waals surface area contributed by atoms with Crippen LogP contribution < -0.4 is 10.6 Å². The molecule has 26 heavy (non-hydrogen) atoms. The SMILES string of the molecule is O=C(Nc1ccccc1-c1ccccc1NC(=O)C(F)(F)F)C(F)(F)F.